The largest absolute Gasteiger partial charge is 0.381 e. The quantitative estimate of drug-likeness (QED) is 0.892. The molecule has 2 aromatic rings. The maximum Gasteiger partial charge on any atom is 0.160 e. The lowest BCUT2D eigenvalue weighted by Crippen LogP contribution is -2.02. The molecule has 0 fully saturated rings. The number of hydrogen-bond donors (Lipinski definition) is 1. The predicted molar refractivity (Wildman–Crippen MR) is 59.7 cm³/mol. The van der Waals surface area contributed by atoms with Crippen molar-refractivity contribution in [1.29, 1.82) is 0 Å². The fourth-order valence-corrected chi connectivity index (χ4v) is 1.55. The number of halogens is 2. The highest BCUT2D eigenvalue weighted by Gasteiger charge is 2.09. The molecule has 1 aromatic heterocycles. The minimum Gasteiger partial charge on any atom is -0.381 e. The van der Waals surface area contributed by atoms with Crippen LogP contribution in [-0.4, -0.2) is 5.16 Å². The standard InChI is InChI=1S/C12H12F2N2O/c1-7-10(8(2)17-16-7)6-15-9-3-4-11(13)12(14)5-9/h3-5,15H,6H2,1-2H3. The zero-order valence-corrected chi connectivity index (χ0v) is 9.55. The van der Waals surface area contributed by atoms with Gasteiger partial charge in [0.1, 0.15) is 5.76 Å². The average Bonchev–Trinajstić information content (AvgIpc) is 2.61. The van der Waals surface area contributed by atoms with Crippen LogP contribution in [-0.2, 0) is 6.54 Å². The van der Waals surface area contributed by atoms with E-state index in [0.717, 1.165) is 29.2 Å². The number of nitrogens with zero attached hydrogens (tertiary/aromatic N) is 1. The summed E-state index contributed by atoms with van der Waals surface area (Å²) in [5.41, 5.74) is 2.23. The highest BCUT2D eigenvalue weighted by Crippen LogP contribution is 2.17. The molecule has 0 radical (unpaired) electrons. The topological polar surface area (TPSA) is 38.1 Å². The molecule has 1 heterocycles. The monoisotopic (exact) mass is 238 g/mol. The van der Waals surface area contributed by atoms with E-state index in [1.54, 1.807) is 0 Å². The van der Waals surface area contributed by atoms with Gasteiger partial charge in [-0.1, -0.05) is 5.16 Å². The fourth-order valence-electron chi connectivity index (χ4n) is 1.55. The molecule has 90 valence electrons. The van der Waals surface area contributed by atoms with Gasteiger partial charge in [0, 0.05) is 23.9 Å². The van der Waals surface area contributed by atoms with Crippen molar-refractivity contribution in [3.05, 3.63) is 46.9 Å². The first-order chi connectivity index (χ1) is 8.08. The van der Waals surface area contributed by atoms with E-state index < -0.39 is 11.6 Å². The number of benzene rings is 1. The molecule has 0 aliphatic rings. The summed E-state index contributed by atoms with van der Waals surface area (Å²) in [5, 5.41) is 6.80. The van der Waals surface area contributed by atoms with E-state index in [1.807, 2.05) is 13.8 Å². The molecule has 0 saturated carbocycles. The summed E-state index contributed by atoms with van der Waals surface area (Å²) in [4.78, 5) is 0. The molecular weight excluding hydrogens is 226 g/mol. The van der Waals surface area contributed by atoms with E-state index in [1.165, 1.54) is 6.07 Å². The van der Waals surface area contributed by atoms with Crippen LogP contribution in [0.1, 0.15) is 17.0 Å². The summed E-state index contributed by atoms with van der Waals surface area (Å²) in [5.74, 6) is -1.00. The first kappa shape index (κ1) is 11.6. The van der Waals surface area contributed by atoms with Crippen LogP contribution >= 0.6 is 0 Å². The normalized spacial score (nSPS) is 10.6. The number of aromatic nitrogens is 1. The average molecular weight is 238 g/mol. The van der Waals surface area contributed by atoms with E-state index in [2.05, 4.69) is 10.5 Å². The van der Waals surface area contributed by atoms with Gasteiger partial charge in [-0.3, -0.25) is 0 Å². The Morgan fingerprint density at radius 3 is 2.59 bits per heavy atom. The Kier molecular flexibility index (Phi) is 3.08. The molecular formula is C12H12F2N2O. The van der Waals surface area contributed by atoms with Crippen LogP contribution in [0.2, 0.25) is 0 Å². The first-order valence-electron chi connectivity index (χ1n) is 5.18. The molecule has 0 saturated heterocycles. The van der Waals surface area contributed by atoms with Crippen LogP contribution in [0.25, 0.3) is 0 Å². The van der Waals surface area contributed by atoms with E-state index in [9.17, 15) is 8.78 Å². The van der Waals surface area contributed by atoms with Gasteiger partial charge in [-0.2, -0.15) is 0 Å². The third kappa shape index (κ3) is 2.43. The van der Waals surface area contributed by atoms with Crippen LogP contribution in [0, 0.1) is 25.5 Å². The summed E-state index contributed by atoms with van der Waals surface area (Å²) in [7, 11) is 0. The molecule has 0 bridgehead atoms. The summed E-state index contributed by atoms with van der Waals surface area (Å²) < 4.78 is 30.7. The molecule has 2 rings (SSSR count). The van der Waals surface area contributed by atoms with E-state index in [-0.39, 0.29) is 0 Å². The SMILES string of the molecule is Cc1noc(C)c1CNc1ccc(F)c(F)c1. The number of hydrogen-bond acceptors (Lipinski definition) is 3. The molecule has 3 nitrogen and oxygen atoms in total. The lowest BCUT2D eigenvalue weighted by molar-refractivity contribution is 0.392. The maximum absolute atomic E-state index is 13.0. The van der Waals surface area contributed by atoms with Gasteiger partial charge >= 0.3 is 0 Å². The second kappa shape index (κ2) is 4.53. The molecule has 1 N–H and O–H groups in total. The van der Waals surface area contributed by atoms with Crippen LogP contribution in [0.3, 0.4) is 0 Å². The second-order valence-electron chi connectivity index (χ2n) is 3.79. The minimum atomic E-state index is -0.867. The molecule has 0 unspecified atom stereocenters. The Bertz CT molecular complexity index is 518. The number of nitrogens with one attached hydrogen (secondary N) is 1. The van der Waals surface area contributed by atoms with Gasteiger partial charge < -0.3 is 9.84 Å². The van der Waals surface area contributed by atoms with Crippen LogP contribution < -0.4 is 5.32 Å². The Morgan fingerprint density at radius 1 is 1.24 bits per heavy atom. The Balaban J connectivity index is 2.10. The van der Waals surface area contributed by atoms with Crippen LogP contribution in [0.5, 0.6) is 0 Å². The van der Waals surface area contributed by atoms with Gasteiger partial charge in [-0.05, 0) is 26.0 Å². The lowest BCUT2D eigenvalue weighted by Gasteiger charge is -2.06. The van der Waals surface area contributed by atoms with Gasteiger partial charge in [0.05, 0.1) is 5.69 Å². The van der Waals surface area contributed by atoms with E-state index in [0.29, 0.717) is 12.2 Å². The van der Waals surface area contributed by atoms with Crippen molar-refractivity contribution in [2.45, 2.75) is 20.4 Å². The highest BCUT2D eigenvalue weighted by molar-refractivity contribution is 5.44. The van der Waals surface area contributed by atoms with Crippen molar-refractivity contribution < 1.29 is 13.3 Å². The van der Waals surface area contributed by atoms with E-state index in [4.69, 9.17) is 4.52 Å². The van der Waals surface area contributed by atoms with Crippen molar-refractivity contribution in [2.24, 2.45) is 0 Å². The summed E-state index contributed by atoms with van der Waals surface area (Å²) in [6.07, 6.45) is 0. The number of rotatable bonds is 3. The third-order valence-electron chi connectivity index (χ3n) is 2.57. The Labute approximate surface area is 97.4 Å². The Hall–Kier alpha value is -1.91. The molecule has 0 aliphatic heterocycles. The molecule has 0 spiro atoms. The van der Waals surface area contributed by atoms with Crippen LogP contribution in [0.4, 0.5) is 14.5 Å². The summed E-state index contributed by atoms with van der Waals surface area (Å²) in [6.45, 7) is 4.10. The van der Waals surface area contributed by atoms with Gasteiger partial charge in [-0.25, -0.2) is 8.78 Å². The molecule has 1 aromatic carbocycles. The smallest absolute Gasteiger partial charge is 0.160 e. The zero-order valence-electron chi connectivity index (χ0n) is 9.55. The molecule has 5 heteroatoms. The molecule has 0 amide bonds. The van der Waals surface area contributed by atoms with Crippen molar-refractivity contribution in [1.82, 2.24) is 5.16 Å². The third-order valence-corrected chi connectivity index (χ3v) is 2.57. The van der Waals surface area contributed by atoms with Crippen molar-refractivity contribution in [3.8, 4) is 0 Å². The highest BCUT2D eigenvalue weighted by atomic mass is 19.2. The second-order valence-corrected chi connectivity index (χ2v) is 3.79. The number of aryl methyl sites for hydroxylation is 2. The Morgan fingerprint density at radius 2 is 2.00 bits per heavy atom. The number of anilines is 1. The first-order valence-corrected chi connectivity index (χ1v) is 5.18. The molecule has 17 heavy (non-hydrogen) atoms. The van der Waals surface area contributed by atoms with Crippen molar-refractivity contribution >= 4 is 5.69 Å². The summed E-state index contributed by atoms with van der Waals surface area (Å²) >= 11 is 0. The van der Waals surface area contributed by atoms with E-state index >= 15 is 0 Å². The molecule has 0 aliphatic carbocycles. The molecule has 0 atom stereocenters. The van der Waals surface area contributed by atoms with Gasteiger partial charge in [0.15, 0.2) is 11.6 Å². The maximum atomic E-state index is 13.0. The predicted octanol–water partition coefficient (Wildman–Crippen LogP) is 3.18. The lowest BCUT2D eigenvalue weighted by atomic mass is 10.2. The zero-order chi connectivity index (χ0) is 12.4. The van der Waals surface area contributed by atoms with Crippen molar-refractivity contribution in [2.75, 3.05) is 5.32 Å². The van der Waals surface area contributed by atoms with Crippen molar-refractivity contribution in [3.63, 3.8) is 0 Å². The summed E-state index contributed by atoms with van der Waals surface area (Å²) in [6, 6.07) is 3.69. The van der Waals surface area contributed by atoms with Crippen LogP contribution in [0.15, 0.2) is 22.7 Å². The van der Waals surface area contributed by atoms with Gasteiger partial charge in [-0.15, -0.1) is 0 Å². The van der Waals surface area contributed by atoms with Gasteiger partial charge in [0.2, 0.25) is 0 Å². The van der Waals surface area contributed by atoms with Gasteiger partial charge in [0.25, 0.3) is 0 Å². The minimum absolute atomic E-state index is 0.465. The fraction of sp³-hybridized carbons (Fsp3) is 0.250.